The molecule has 0 saturated heterocycles. The minimum absolute atomic E-state index is 0.00280. The first-order valence-corrected chi connectivity index (χ1v) is 9.85. The molecule has 0 bridgehead atoms. The summed E-state index contributed by atoms with van der Waals surface area (Å²) in [5.74, 6) is -0.00280. The number of fused-ring (bicyclic) bond motifs is 1. The zero-order chi connectivity index (χ0) is 21.2. The number of alkyl halides is 3. The van der Waals surface area contributed by atoms with Gasteiger partial charge < -0.3 is 9.64 Å². The smallest absolute Gasteiger partial charge is 0.422 e. The second-order valence-corrected chi connectivity index (χ2v) is 7.46. The highest BCUT2D eigenvalue weighted by Gasteiger charge is 2.31. The molecule has 0 spiro atoms. The van der Waals surface area contributed by atoms with Crippen LogP contribution in [0.2, 0.25) is 5.15 Å². The van der Waals surface area contributed by atoms with E-state index in [2.05, 4.69) is 27.9 Å². The van der Waals surface area contributed by atoms with Gasteiger partial charge in [-0.15, -0.1) is 0 Å². The minimum atomic E-state index is -4.40. The third kappa shape index (κ3) is 4.83. The van der Waals surface area contributed by atoms with Gasteiger partial charge in [0.15, 0.2) is 6.61 Å². The molecule has 4 nitrogen and oxygen atoms in total. The van der Waals surface area contributed by atoms with Gasteiger partial charge in [0, 0.05) is 41.3 Å². The highest BCUT2D eigenvalue weighted by atomic mass is 35.5. The molecule has 3 rings (SSSR count). The number of aryl methyl sites for hydroxylation is 1. The molecule has 0 N–H and O–H groups in total. The Labute approximate surface area is 173 Å². The summed E-state index contributed by atoms with van der Waals surface area (Å²) in [5, 5.41) is 0.491. The lowest BCUT2D eigenvalue weighted by Gasteiger charge is -2.29. The van der Waals surface area contributed by atoms with E-state index in [9.17, 15) is 13.2 Å². The fourth-order valence-corrected chi connectivity index (χ4v) is 3.63. The standard InChI is InChI=1S/C21H23ClF3N3O/c1-4-5-6-18-16-7-8-26-19(22)17(16)11-28(18)14(3)15-9-13(2)20(27-10-15)29-12-21(23,24)25/h6-10,14H,4-5,11-12H2,1-3H3/b18-6+. The van der Waals surface area contributed by atoms with Crippen molar-refractivity contribution >= 4 is 17.3 Å². The summed E-state index contributed by atoms with van der Waals surface area (Å²) in [6.45, 7) is 5.12. The van der Waals surface area contributed by atoms with E-state index in [-0.39, 0.29) is 11.9 Å². The quantitative estimate of drug-likeness (QED) is 0.524. The van der Waals surface area contributed by atoms with Gasteiger partial charge in [0.05, 0.1) is 6.04 Å². The van der Waals surface area contributed by atoms with Crippen molar-refractivity contribution in [2.45, 2.75) is 52.4 Å². The molecule has 156 valence electrons. The summed E-state index contributed by atoms with van der Waals surface area (Å²) < 4.78 is 42.0. The van der Waals surface area contributed by atoms with E-state index in [0.717, 1.165) is 35.2 Å². The Bertz CT molecular complexity index is 915. The number of unbranched alkanes of at least 4 members (excludes halogenated alkanes) is 1. The molecule has 1 unspecified atom stereocenters. The van der Waals surface area contributed by atoms with E-state index in [0.29, 0.717) is 17.3 Å². The zero-order valence-corrected chi connectivity index (χ0v) is 17.3. The number of ether oxygens (including phenoxy) is 1. The van der Waals surface area contributed by atoms with Crippen LogP contribution in [0, 0.1) is 6.92 Å². The Hall–Kier alpha value is -2.28. The summed E-state index contributed by atoms with van der Waals surface area (Å²) in [6, 6.07) is 3.74. The monoisotopic (exact) mass is 425 g/mol. The molecule has 0 fully saturated rings. The molecule has 29 heavy (non-hydrogen) atoms. The lowest BCUT2D eigenvalue weighted by atomic mass is 10.1. The maximum absolute atomic E-state index is 12.4. The molecule has 3 heterocycles. The normalized spacial score (nSPS) is 16.2. The maximum atomic E-state index is 12.4. The topological polar surface area (TPSA) is 38.2 Å². The summed E-state index contributed by atoms with van der Waals surface area (Å²) >= 11 is 6.32. The van der Waals surface area contributed by atoms with Gasteiger partial charge in [-0.05, 0) is 38.0 Å². The first-order valence-electron chi connectivity index (χ1n) is 9.48. The molecule has 2 aromatic heterocycles. The van der Waals surface area contributed by atoms with E-state index < -0.39 is 12.8 Å². The lowest BCUT2D eigenvalue weighted by molar-refractivity contribution is -0.154. The first-order chi connectivity index (χ1) is 13.7. The molecule has 2 aromatic rings. The number of aromatic nitrogens is 2. The highest BCUT2D eigenvalue weighted by molar-refractivity contribution is 6.30. The van der Waals surface area contributed by atoms with Gasteiger partial charge in [-0.2, -0.15) is 13.2 Å². The van der Waals surface area contributed by atoms with Crippen LogP contribution >= 0.6 is 11.6 Å². The molecule has 1 aliphatic heterocycles. The third-order valence-electron chi connectivity index (χ3n) is 4.92. The fraction of sp³-hybridized carbons (Fsp3) is 0.429. The van der Waals surface area contributed by atoms with Crippen LogP contribution in [0.4, 0.5) is 13.2 Å². The summed E-state index contributed by atoms with van der Waals surface area (Å²) in [7, 11) is 0. The average molecular weight is 426 g/mol. The summed E-state index contributed by atoms with van der Waals surface area (Å²) in [6.07, 6.45) is 3.02. The summed E-state index contributed by atoms with van der Waals surface area (Å²) in [5.41, 5.74) is 4.60. The Morgan fingerprint density at radius 2 is 2.10 bits per heavy atom. The van der Waals surface area contributed by atoms with Crippen LogP contribution in [-0.2, 0) is 6.54 Å². The SMILES string of the molecule is CCC/C=C1\c2ccnc(Cl)c2CN1C(C)c1cnc(OCC(F)(F)F)c(C)c1. The van der Waals surface area contributed by atoms with E-state index in [1.807, 2.05) is 19.1 Å². The number of hydrogen-bond donors (Lipinski definition) is 0. The highest BCUT2D eigenvalue weighted by Crippen LogP contribution is 2.41. The van der Waals surface area contributed by atoms with Crippen molar-refractivity contribution in [3.63, 3.8) is 0 Å². The van der Waals surface area contributed by atoms with Crippen LogP contribution in [0.1, 0.15) is 55.0 Å². The third-order valence-corrected chi connectivity index (χ3v) is 5.24. The molecular weight excluding hydrogens is 403 g/mol. The molecule has 8 heteroatoms. The van der Waals surface area contributed by atoms with Gasteiger partial charge in [-0.25, -0.2) is 9.97 Å². The van der Waals surface area contributed by atoms with Crippen molar-refractivity contribution in [3.8, 4) is 5.88 Å². The van der Waals surface area contributed by atoms with Gasteiger partial charge in [-0.3, -0.25) is 0 Å². The van der Waals surface area contributed by atoms with Crippen LogP contribution in [0.15, 0.2) is 30.6 Å². The van der Waals surface area contributed by atoms with Crippen LogP contribution < -0.4 is 4.74 Å². The maximum Gasteiger partial charge on any atom is 0.422 e. The van der Waals surface area contributed by atoms with Crippen molar-refractivity contribution in [1.29, 1.82) is 0 Å². The van der Waals surface area contributed by atoms with Gasteiger partial charge in [-0.1, -0.05) is 31.0 Å². The van der Waals surface area contributed by atoms with Gasteiger partial charge >= 0.3 is 6.18 Å². The molecule has 1 atom stereocenters. The van der Waals surface area contributed by atoms with Crippen molar-refractivity contribution in [1.82, 2.24) is 14.9 Å². The molecule has 0 amide bonds. The second kappa shape index (κ2) is 8.61. The Morgan fingerprint density at radius 3 is 2.76 bits per heavy atom. The molecule has 1 aliphatic rings. The van der Waals surface area contributed by atoms with Crippen LogP contribution in [-0.4, -0.2) is 27.7 Å². The number of rotatable bonds is 6. The number of pyridine rings is 2. The lowest BCUT2D eigenvalue weighted by Crippen LogP contribution is -2.22. The number of allylic oxidation sites excluding steroid dienone is 1. The van der Waals surface area contributed by atoms with Gasteiger partial charge in [0.1, 0.15) is 5.15 Å². The van der Waals surface area contributed by atoms with Crippen LogP contribution in [0.5, 0.6) is 5.88 Å². The summed E-state index contributed by atoms with van der Waals surface area (Å²) in [4.78, 5) is 10.5. The van der Waals surface area contributed by atoms with Crippen LogP contribution in [0.3, 0.4) is 0 Å². The van der Waals surface area contributed by atoms with E-state index >= 15 is 0 Å². The predicted octanol–water partition coefficient (Wildman–Crippen LogP) is 6.10. The van der Waals surface area contributed by atoms with E-state index in [1.54, 1.807) is 19.3 Å². The molecule has 0 saturated carbocycles. The first kappa shape index (κ1) is 21.4. The van der Waals surface area contributed by atoms with Crippen LogP contribution in [0.25, 0.3) is 5.70 Å². The Kier molecular flexibility index (Phi) is 6.36. The molecule has 0 aromatic carbocycles. The van der Waals surface area contributed by atoms with Crippen molar-refractivity contribution < 1.29 is 17.9 Å². The molecular formula is C21H23ClF3N3O. The Balaban J connectivity index is 1.86. The molecule has 0 aliphatic carbocycles. The fourth-order valence-electron chi connectivity index (χ4n) is 3.42. The van der Waals surface area contributed by atoms with Gasteiger partial charge in [0.2, 0.25) is 5.88 Å². The van der Waals surface area contributed by atoms with E-state index in [1.165, 1.54) is 0 Å². The Morgan fingerprint density at radius 1 is 1.34 bits per heavy atom. The largest absolute Gasteiger partial charge is 0.468 e. The minimum Gasteiger partial charge on any atom is -0.468 e. The second-order valence-electron chi connectivity index (χ2n) is 7.10. The predicted molar refractivity (Wildman–Crippen MR) is 107 cm³/mol. The average Bonchev–Trinajstić information content (AvgIpc) is 3.04. The zero-order valence-electron chi connectivity index (χ0n) is 16.6. The van der Waals surface area contributed by atoms with Gasteiger partial charge in [0.25, 0.3) is 0 Å². The van der Waals surface area contributed by atoms with Crippen molar-refractivity contribution in [3.05, 3.63) is 58.0 Å². The van der Waals surface area contributed by atoms with Crippen molar-refractivity contribution in [2.24, 2.45) is 0 Å². The number of hydrogen-bond acceptors (Lipinski definition) is 4. The van der Waals surface area contributed by atoms with E-state index in [4.69, 9.17) is 16.3 Å². The van der Waals surface area contributed by atoms with Crippen molar-refractivity contribution in [2.75, 3.05) is 6.61 Å². The number of halogens is 4. The molecule has 0 radical (unpaired) electrons. The number of nitrogens with zero attached hydrogens (tertiary/aromatic N) is 3.